The van der Waals surface area contributed by atoms with Gasteiger partial charge < -0.3 is 15.1 Å². The standard InChI is InChI=1S/C19H25N5O2/c1-23(2)8-9-24-13-15(10-18(24)25)19(26)20-12-16-11-17(22-21-16)14-6-4-3-5-7-14/h3-7,11,15H,8-10,12-13H2,1-2H3,(H,20,26)(H,21,22)/t15-/m0/s1. The van der Waals surface area contributed by atoms with E-state index in [1.165, 1.54) is 0 Å². The van der Waals surface area contributed by atoms with Crippen LogP contribution in [-0.2, 0) is 16.1 Å². The number of nitrogens with one attached hydrogen (secondary N) is 2. The van der Waals surface area contributed by atoms with Crippen LogP contribution in [0.25, 0.3) is 11.3 Å². The van der Waals surface area contributed by atoms with Crippen LogP contribution in [0.15, 0.2) is 36.4 Å². The maximum Gasteiger partial charge on any atom is 0.225 e. The number of benzene rings is 1. The molecule has 2 aromatic rings. The second kappa shape index (κ2) is 8.14. The van der Waals surface area contributed by atoms with Gasteiger partial charge in [0.05, 0.1) is 23.9 Å². The molecule has 0 spiro atoms. The average molecular weight is 355 g/mol. The first-order valence-electron chi connectivity index (χ1n) is 8.83. The maximum atomic E-state index is 12.4. The third-order valence-electron chi connectivity index (χ3n) is 4.56. The predicted molar refractivity (Wildman–Crippen MR) is 99.1 cm³/mol. The quantitative estimate of drug-likeness (QED) is 0.779. The number of nitrogens with zero attached hydrogens (tertiary/aromatic N) is 3. The number of H-pyrrole nitrogens is 1. The molecule has 0 aliphatic carbocycles. The van der Waals surface area contributed by atoms with E-state index in [4.69, 9.17) is 0 Å². The molecule has 1 fully saturated rings. The van der Waals surface area contributed by atoms with Crippen molar-refractivity contribution in [1.29, 1.82) is 0 Å². The molecule has 1 aromatic carbocycles. The Morgan fingerprint density at radius 2 is 2.12 bits per heavy atom. The van der Waals surface area contributed by atoms with Gasteiger partial charge in [-0.2, -0.15) is 5.10 Å². The minimum absolute atomic E-state index is 0.0555. The number of hydrogen-bond donors (Lipinski definition) is 2. The van der Waals surface area contributed by atoms with E-state index in [1.807, 2.05) is 55.4 Å². The summed E-state index contributed by atoms with van der Waals surface area (Å²) in [5.74, 6) is -0.303. The van der Waals surface area contributed by atoms with Crippen LogP contribution in [0, 0.1) is 5.92 Å². The lowest BCUT2D eigenvalue weighted by Gasteiger charge is -2.19. The fourth-order valence-electron chi connectivity index (χ4n) is 3.02. The van der Waals surface area contributed by atoms with E-state index in [0.29, 0.717) is 19.6 Å². The van der Waals surface area contributed by atoms with Gasteiger partial charge in [-0.1, -0.05) is 30.3 Å². The monoisotopic (exact) mass is 355 g/mol. The van der Waals surface area contributed by atoms with Gasteiger partial charge in [0, 0.05) is 31.6 Å². The minimum Gasteiger partial charge on any atom is -0.350 e. The Labute approximate surface area is 153 Å². The first-order chi connectivity index (χ1) is 12.5. The van der Waals surface area contributed by atoms with Gasteiger partial charge in [0.15, 0.2) is 0 Å². The fraction of sp³-hybridized carbons (Fsp3) is 0.421. The summed E-state index contributed by atoms with van der Waals surface area (Å²) in [6.45, 7) is 2.34. The van der Waals surface area contributed by atoms with Crippen LogP contribution in [0.3, 0.4) is 0 Å². The normalized spacial score (nSPS) is 17.1. The second-order valence-electron chi connectivity index (χ2n) is 6.91. The van der Waals surface area contributed by atoms with Crippen LogP contribution in [0.5, 0.6) is 0 Å². The van der Waals surface area contributed by atoms with Crippen molar-refractivity contribution in [3.8, 4) is 11.3 Å². The van der Waals surface area contributed by atoms with E-state index >= 15 is 0 Å². The molecule has 1 saturated heterocycles. The van der Waals surface area contributed by atoms with E-state index in [-0.39, 0.29) is 24.2 Å². The molecule has 0 unspecified atom stereocenters. The van der Waals surface area contributed by atoms with E-state index in [2.05, 4.69) is 15.5 Å². The molecule has 1 aliphatic heterocycles. The number of carbonyl (C=O) groups is 2. The van der Waals surface area contributed by atoms with Crippen LogP contribution in [0.1, 0.15) is 12.1 Å². The highest BCUT2D eigenvalue weighted by Crippen LogP contribution is 2.19. The number of likely N-dealkylation sites (tertiary alicyclic amines) is 1. The Hall–Kier alpha value is -2.67. The third-order valence-corrected chi connectivity index (χ3v) is 4.56. The summed E-state index contributed by atoms with van der Waals surface area (Å²) in [4.78, 5) is 28.2. The molecule has 1 aromatic heterocycles. The summed E-state index contributed by atoms with van der Waals surface area (Å²) >= 11 is 0. The summed E-state index contributed by atoms with van der Waals surface area (Å²) in [5.41, 5.74) is 2.71. The zero-order valence-electron chi connectivity index (χ0n) is 15.2. The van der Waals surface area contributed by atoms with Gasteiger partial charge in [0.2, 0.25) is 11.8 Å². The molecule has 0 saturated carbocycles. The van der Waals surface area contributed by atoms with Crippen LogP contribution in [-0.4, -0.2) is 65.5 Å². The molecule has 0 bridgehead atoms. The van der Waals surface area contributed by atoms with Crippen molar-refractivity contribution in [3.05, 3.63) is 42.1 Å². The highest BCUT2D eigenvalue weighted by atomic mass is 16.2. The Kier molecular flexibility index (Phi) is 5.68. The molecule has 7 heteroatoms. The lowest BCUT2D eigenvalue weighted by molar-refractivity contribution is -0.129. The number of hydrogen-bond acceptors (Lipinski definition) is 4. The molecule has 2 N–H and O–H groups in total. The Morgan fingerprint density at radius 3 is 2.85 bits per heavy atom. The topological polar surface area (TPSA) is 81.3 Å². The number of aromatic nitrogens is 2. The maximum absolute atomic E-state index is 12.4. The summed E-state index contributed by atoms with van der Waals surface area (Å²) in [7, 11) is 3.94. The van der Waals surface area contributed by atoms with Gasteiger partial charge in [0.1, 0.15) is 0 Å². The number of likely N-dealkylation sites (N-methyl/N-ethyl adjacent to an activating group) is 1. The lowest BCUT2D eigenvalue weighted by Crippen LogP contribution is -2.35. The molecule has 7 nitrogen and oxygen atoms in total. The van der Waals surface area contributed by atoms with Crippen molar-refractivity contribution >= 4 is 11.8 Å². The first kappa shape index (κ1) is 18.1. The molecular formula is C19H25N5O2. The zero-order valence-corrected chi connectivity index (χ0v) is 15.2. The van der Waals surface area contributed by atoms with Gasteiger partial charge in [-0.25, -0.2) is 0 Å². The molecule has 26 heavy (non-hydrogen) atoms. The smallest absolute Gasteiger partial charge is 0.225 e. The van der Waals surface area contributed by atoms with Gasteiger partial charge in [-0.15, -0.1) is 0 Å². The molecule has 2 amide bonds. The highest BCUT2D eigenvalue weighted by molar-refractivity contribution is 5.89. The SMILES string of the molecule is CN(C)CCN1C[C@@H](C(=O)NCc2cc(-c3ccccc3)n[nH]2)CC1=O. The predicted octanol–water partition coefficient (Wildman–Crippen LogP) is 1.10. The molecule has 0 radical (unpaired) electrons. The van der Waals surface area contributed by atoms with E-state index in [1.54, 1.807) is 4.90 Å². The first-order valence-corrected chi connectivity index (χ1v) is 8.83. The van der Waals surface area contributed by atoms with E-state index in [0.717, 1.165) is 23.5 Å². The van der Waals surface area contributed by atoms with Crippen LogP contribution in [0.2, 0.25) is 0 Å². The number of carbonyl (C=O) groups excluding carboxylic acids is 2. The number of aromatic amines is 1. The zero-order chi connectivity index (χ0) is 18.5. The average Bonchev–Trinajstić information content (AvgIpc) is 3.25. The lowest BCUT2D eigenvalue weighted by atomic mass is 10.1. The Morgan fingerprint density at radius 1 is 1.35 bits per heavy atom. The summed E-state index contributed by atoms with van der Waals surface area (Å²) < 4.78 is 0. The van der Waals surface area contributed by atoms with Crippen molar-refractivity contribution in [3.63, 3.8) is 0 Å². The molecule has 1 atom stereocenters. The van der Waals surface area contributed by atoms with Crippen molar-refractivity contribution in [1.82, 2.24) is 25.3 Å². The number of amides is 2. The van der Waals surface area contributed by atoms with E-state index < -0.39 is 0 Å². The van der Waals surface area contributed by atoms with Crippen LogP contribution >= 0.6 is 0 Å². The van der Waals surface area contributed by atoms with Crippen molar-refractivity contribution in [2.75, 3.05) is 33.7 Å². The molecule has 2 heterocycles. The van der Waals surface area contributed by atoms with Gasteiger partial charge in [0.25, 0.3) is 0 Å². The summed E-state index contributed by atoms with van der Waals surface area (Å²) in [5, 5.41) is 10.1. The largest absolute Gasteiger partial charge is 0.350 e. The molecular weight excluding hydrogens is 330 g/mol. The summed E-state index contributed by atoms with van der Waals surface area (Å²) in [6, 6.07) is 11.8. The van der Waals surface area contributed by atoms with E-state index in [9.17, 15) is 9.59 Å². The highest BCUT2D eigenvalue weighted by Gasteiger charge is 2.33. The Balaban J connectivity index is 1.50. The Bertz CT molecular complexity index is 756. The van der Waals surface area contributed by atoms with Gasteiger partial charge in [-0.3, -0.25) is 14.7 Å². The van der Waals surface area contributed by atoms with Crippen molar-refractivity contribution < 1.29 is 9.59 Å². The van der Waals surface area contributed by atoms with Crippen LogP contribution in [0.4, 0.5) is 0 Å². The van der Waals surface area contributed by atoms with Gasteiger partial charge in [-0.05, 0) is 20.2 Å². The summed E-state index contributed by atoms with van der Waals surface area (Å²) in [6.07, 6.45) is 0.289. The van der Waals surface area contributed by atoms with Crippen molar-refractivity contribution in [2.45, 2.75) is 13.0 Å². The minimum atomic E-state index is -0.277. The fourth-order valence-corrected chi connectivity index (χ4v) is 3.02. The molecule has 1 aliphatic rings. The van der Waals surface area contributed by atoms with Gasteiger partial charge >= 0.3 is 0 Å². The van der Waals surface area contributed by atoms with Crippen LogP contribution < -0.4 is 5.32 Å². The molecule has 3 rings (SSSR count). The number of rotatable bonds is 7. The third kappa shape index (κ3) is 4.49. The second-order valence-corrected chi connectivity index (χ2v) is 6.91. The molecule has 138 valence electrons. The van der Waals surface area contributed by atoms with Crippen molar-refractivity contribution in [2.24, 2.45) is 5.92 Å².